The van der Waals surface area contributed by atoms with Crippen LogP contribution >= 0.6 is 0 Å². The van der Waals surface area contributed by atoms with Gasteiger partial charge in [-0.2, -0.15) is 0 Å². The molecular formula is C24H30N2O4. The molecule has 160 valence electrons. The van der Waals surface area contributed by atoms with E-state index in [4.69, 9.17) is 9.47 Å². The summed E-state index contributed by atoms with van der Waals surface area (Å²) >= 11 is 0. The molecule has 0 spiro atoms. The molecule has 1 aliphatic rings. The van der Waals surface area contributed by atoms with Gasteiger partial charge in [0.1, 0.15) is 5.75 Å². The number of nitrogens with one attached hydrogen (secondary N) is 2. The lowest BCUT2D eigenvalue weighted by atomic mass is 9.73. The highest BCUT2D eigenvalue weighted by Crippen LogP contribution is 2.37. The molecule has 2 aromatic carbocycles. The molecule has 2 amide bonds. The molecule has 1 atom stereocenters. The SMILES string of the molecule is CC[C@@H](C)NC(=O)c1ccc(NC(=O)C2(c3ccc(OC)cc3)CCOCC2)cc1. The summed E-state index contributed by atoms with van der Waals surface area (Å²) in [6, 6.07) is 14.8. The van der Waals surface area contributed by atoms with E-state index in [0.29, 0.717) is 37.3 Å². The summed E-state index contributed by atoms with van der Waals surface area (Å²) in [6.07, 6.45) is 2.10. The van der Waals surface area contributed by atoms with Gasteiger partial charge in [0.2, 0.25) is 5.91 Å². The van der Waals surface area contributed by atoms with Crippen LogP contribution in [0.3, 0.4) is 0 Å². The molecule has 0 aliphatic carbocycles. The first-order chi connectivity index (χ1) is 14.5. The largest absolute Gasteiger partial charge is 0.497 e. The number of carbonyl (C=O) groups excluding carboxylic acids is 2. The average molecular weight is 411 g/mol. The molecule has 1 saturated heterocycles. The molecule has 0 aromatic heterocycles. The summed E-state index contributed by atoms with van der Waals surface area (Å²) in [6.45, 7) is 5.07. The third-order valence-electron chi connectivity index (χ3n) is 5.82. The van der Waals surface area contributed by atoms with Gasteiger partial charge in [-0.1, -0.05) is 19.1 Å². The minimum atomic E-state index is -0.656. The number of anilines is 1. The number of rotatable bonds is 7. The predicted octanol–water partition coefficient (Wildman–Crippen LogP) is 3.91. The summed E-state index contributed by atoms with van der Waals surface area (Å²) in [4.78, 5) is 25.6. The van der Waals surface area contributed by atoms with E-state index < -0.39 is 5.41 Å². The van der Waals surface area contributed by atoms with E-state index in [1.54, 1.807) is 31.4 Å². The molecule has 2 N–H and O–H groups in total. The first-order valence-corrected chi connectivity index (χ1v) is 10.4. The highest BCUT2D eigenvalue weighted by atomic mass is 16.5. The van der Waals surface area contributed by atoms with Gasteiger partial charge in [0, 0.05) is 30.5 Å². The van der Waals surface area contributed by atoms with Gasteiger partial charge >= 0.3 is 0 Å². The molecule has 1 aliphatic heterocycles. The maximum absolute atomic E-state index is 13.4. The van der Waals surface area contributed by atoms with Crippen molar-refractivity contribution in [2.75, 3.05) is 25.6 Å². The Morgan fingerprint density at radius 2 is 1.70 bits per heavy atom. The maximum atomic E-state index is 13.4. The van der Waals surface area contributed by atoms with Gasteiger partial charge in [-0.05, 0) is 68.1 Å². The quantitative estimate of drug-likeness (QED) is 0.726. The van der Waals surface area contributed by atoms with Crippen LogP contribution < -0.4 is 15.4 Å². The monoisotopic (exact) mass is 410 g/mol. The number of hydrogen-bond acceptors (Lipinski definition) is 4. The van der Waals surface area contributed by atoms with E-state index >= 15 is 0 Å². The fourth-order valence-electron chi connectivity index (χ4n) is 3.64. The number of hydrogen-bond donors (Lipinski definition) is 2. The smallest absolute Gasteiger partial charge is 0.251 e. The minimum Gasteiger partial charge on any atom is -0.497 e. The van der Waals surface area contributed by atoms with Gasteiger partial charge in [-0.3, -0.25) is 9.59 Å². The van der Waals surface area contributed by atoms with E-state index in [1.807, 2.05) is 38.1 Å². The molecule has 0 saturated carbocycles. The Morgan fingerprint density at radius 1 is 1.07 bits per heavy atom. The summed E-state index contributed by atoms with van der Waals surface area (Å²) in [7, 11) is 1.62. The van der Waals surface area contributed by atoms with Gasteiger partial charge in [0.25, 0.3) is 5.91 Å². The second kappa shape index (κ2) is 9.76. The van der Waals surface area contributed by atoms with Crippen LogP contribution in [0.15, 0.2) is 48.5 Å². The highest BCUT2D eigenvalue weighted by molar-refractivity contribution is 6.00. The van der Waals surface area contributed by atoms with E-state index in [-0.39, 0.29) is 17.9 Å². The zero-order chi connectivity index (χ0) is 21.6. The van der Waals surface area contributed by atoms with Crippen LogP contribution in [-0.2, 0) is 14.9 Å². The Labute approximate surface area is 178 Å². The van der Waals surface area contributed by atoms with E-state index in [0.717, 1.165) is 17.7 Å². The van der Waals surface area contributed by atoms with Crippen molar-refractivity contribution in [3.63, 3.8) is 0 Å². The first kappa shape index (κ1) is 21.8. The van der Waals surface area contributed by atoms with Crippen LogP contribution in [0.2, 0.25) is 0 Å². The number of ether oxygens (including phenoxy) is 2. The van der Waals surface area contributed by atoms with Crippen LogP contribution in [0.1, 0.15) is 49.0 Å². The Morgan fingerprint density at radius 3 is 2.27 bits per heavy atom. The van der Waals surface area contributed by atoms with E-state index in [1.165, 1.54) is 0 Å². The first-order valence-electron chi connectivity index (χ1n) is 10.4. The standard InChI is InChI=1S/C24H30N2O4/c1-4-17(2)25-22(27)18-5-9-20(10-6-18)26-23(28)24(13-15-30-16-14-24)19-7-11-21(29-3)12-8-19/h5-12,17H,4,13-16H2,1-3H3,(H,25,27)(H,26,28)/t17-/m1/s1. The normalized spacial score (nSPS) is 16.4. The van der Waals surface area contributed by atoms with Crippen LogP contribution in [0, 0.1) is 0 Å². The lowest BCUT2D eigenvalue weighted by Crippen LogP contribution is -2.44. The Bertz CT molecular complexity index is 856. The average Bonchev–Trinajstić information content (AvgIpc) is 2.79. The van der Waals surface area contributed by atoms with Gasteiger partial charge in [0.15, 0.2) is 0 Å². The zero-order valence-electron chi connectivity index (χ0n) is 17.9. The van der Waals surface area contributed by atoms with Crippen molar-refractivity contribution in [2.24, 2.45) is 0 Å². The van der Waals surface area contributed by atoms with Gasteiger partial charge in [0.05, 0.1) is 12.5 Å². The van der Waals surface area contributed by atoms with Crippen LogP contribution in [0.5, 0.6) is 5.75 Å². The van der Waals surface area contributed by atoms with E-state index in [9.17, 15) is 9.59 Å². The Kier molecular flexibility index (Phi) is 7.11. The molecule has 2 aromatic rings. The lowest BCUT2D eigenvalue weighted by Gasteiger charge is -2.36. The predicted molar refractivity (Wildman–Crippen MR) is 117 cm³/mol. The number of carbonyl (C=O) groups is 2. The maximum Gasteiger partial charge on any atom is 0.251 e. The van der Waals surface area contributed by atoms with Crippen LogP contribution in [0.25, 0.3) is 0 Å². The van der Waals surface area contributed by atoms with Crippen molar-refractivity contribution >= 4 is 17.5 Å². The van der Waals surface area contributed by atoms with Crippen molar-refractivity contribution < 1.29 is 19.1 Å². The van der Waals surface area contributed by atoms with Crippen molar-refractivity contribution in [3.8, 4) is 5.75 Å². The number of benzene rings is 2. The van der Waals surface area contributed by atoms with Gasteiger partial charge in [-0.15, -0.1) is 0 Å². The topological polar surface area (TPSA) is 76.7 Å². The van der Waals surface area contributed by atoms with Crippen molar-refractivity contribution in [1.29, 1.82) is 0 Å². The molecule has 1 heterocycles. The fraction of sp³-hybridized carbons (Fsp3) is 0.417. The second-order valence-corrected chi connectivity index (χ2v) is 7.74. The number of methoxy groups -OCH3 is 1. The molecule has 30 heavy (non-hydrogen) atoms. The Balaban J connectivity index is 1.76. The molecule has 0 bridgehead atoms. The summed E-state index contributed by atoms with van der Waals surface area (Å²) in [5.41, 5.74) is 1.54. The molecule has 1 fully saturated rings. The van der Waals surface area contributed by atoms with Crippen molar-refractivity contribution in [3.05, 3.63) is 59.7 Å². The molecule has 3 rings (SSSR count). The summed E-state index contributed by atoms with van der Waals surface area (Å²) in [5.74, 6) is 0.585. The van der Waals surface area contributed by atoms with Gasteiger partial charge < -0.3 is 20.1 Å². The lowest BCUT2D eigenvalue weighted by molar-refractivity contribution is -0.125. The van der Waals surface area contributed by atoms with Crippen molar-refractivity contribution in [1.82, 2.24) is 5.32 Å². The Hall–Kier alpha value is -2.86. The molecule has 0 radical (unpaired) electrons. The zero-order valence-corrected chi connectivity index (χ0v) is 17.9. The number of amides is 2. The second-order valence-electron chi connectivity index (χ2n) is 7.74. The molecule has 6 nitrogen and oxygen atoms in total. The van der Waals surface area contributed by atoms with Gasteiger partial charge in [-0.25, -0.2) is 0 Å². The van der Waals surface area contributed by atoms with Crippen molar-refractivity contribution in [2.45, 2.75) is 44.6 Å². The molecule has 6 heteroatoms. The highest BCUT2D eigenvalue weighted by Gasteiger charge is 2.41. The fourth-order valence-corrected chi connectivity index (χ4v) is 3.64. The molecule has 0 unspecified atom stereocenters. The minimum absolute atomic E-state index is 0.0622. The molecular weight excluding hydrogens is 380 g/mol. The third-order valence-corrected chi connectivity index (χ3v) is 5.82. The van der Waals surface area contributed by atoms with Crippen LogP contribution in [0.4, 0.5) is 5.69 Å². The van der Waals surface area contributed by atoms with Crippen LogP contribution in [-0.4, -0.2) is 38.2 Å². The summed E-state index contributed by atoms with van der Waals surface area (Å²) < 4.78 is 10.8. The van der Waals surface area contributed by atoms with E-state index in [2.05, 4.69) is 10.6 Å². The summed E-state index contributed by atoms with van der Waals surface area (Å²) in [5, 5.41) is 5.98. The third kappa shape index (κ3) is 4.82.